The summed E-state index contributed by atoms with van der Waals surface area (Å²) < 4.78 is 16.3. The van der Waals surface area contributed by atoms with Gasteiger partial charge in [-0.15, -0.1) is 0 Å². The van der Waals surface area contributed by atoms with Crippen LogP contribution >= 0.6 is 0 Å². The number of nitrogens with one attached hydrogen (secondary N) is 1. The predicted molar refractivity (Wildman–Crippen MR) is 103 cm³/mol. The summed E-state index contributed by atoms with van der Waals surface area (Å²) in [5.41, 5.74) is 2.78. The molecule has 0 fully saturated rings. The van der Waals surface area contributed by atoms with Gasteiger partial charge in [-0.3, -0.25) is 9.69 Å². The second-order valence-corrected chi connectivity index (χ2v) is 6.68. The van der Waals surface area contributed by atoms with Crippen LogP contribution < -0.4 is 19.8 Å². The number of aromatic nitrogens is 2. The average molecular weight is 373 g/mol. The van der Waals surface area contributed by atoms with Crippen molar-refractivity contribution in [1.29, 1.82) is 0 Å². The van der Waals surface area contributed by atoms with E-state index in [-0.39, 0.29) is 5.56 Å². The Morgan fingerprint density at radius 2 is 1.85 bits per heavy atom. The maximum atomic E-state index is 12.3. The zero-order valence-electron chi connectivity index (χ0n) is 16.4. The molecule has 2 aromatic rings. The molecule has 0 aliphatic carbocycles. The van der Waals surface area contributed by atoms with E-state index in [1.807, 2.05) is 12.1 Å². The normalized spacial score (nSPS) is 13.9. The first-order valence-electron chi connectivity index (χ1n) is 9.21. The number of aryl methyl sites for hydroxylation is 1. The third-order valence-corrected chi connectivity index (χ3v) is 4.82. The fourth-order valence-corrected chi connectivity index (χ4v) is 3.52. The van der Waals surface area contributed by atoms with E-state index in [1.165, 1.54) is 0 Å². The SMILES string of the molecule is CCCc1nc2c(c(=O)[nH]1)CCN(Cc1cc(OC)c(OC)c(OC)c1)C2. The Hall–Kier alpha value is -2.54. The summed E-state index contributed by atoms with van der Waals surface area (Å²) in [6.07, 6.45) is 2.45. The number of rotatable bonds is 7. The van der Waals surface area contributed by atoms with Gasteiger partial charge in [-0.2, -0.15) is 0 Å². The number of aromatic amines is 1. The highest BCUT2D eigenvalue weighted by Crippen LogP contribution is 2.38. The Kier molecular flexibility index (Phi) is 6.01. The van der Waals surface area contributed by atoms with E-state index < -0.39 is 0 Å². The first kappa shape index (κ1) is 19.2. The Bertz CT molecular complexity index is 838. The van der Waals surface area contributed by atoms with Crippen LogP contribution in [0.25, 0.3) is 0 Å². The van der Waals surface area contributed by atoms with Gasteiger partial charge in [0.15, 0.2) is 11.5 Å². The second kappa shape index (κ2) is 8.43. The number of hydrogen-bond acceptors (Lipinski definition) is 6. The smallest absolute Gasteiger partial charge is 0.254 e. The number of ether oxygens (including phenoxy) is 3. The molecule has 0 bridgehead atoms. The van der Waals surface area contributed by atoms with Crippen LogP contribution in [0.3, 0.4) is 0 Å². The lowest BCUT2D eigenvalue weighted by Crippen LogP contribution is -2.35. The molecule has 1 aromatic heterocycles. The van der Waals surface area contributed by atoms with Crippen molar-refractivity contribution in [2.75, 3.05) is 27.9 Å². The summed E-state index contributed by atoms with van der Waals surface area (Å²) in [6.45, 7) is 4.26. The lowest BCUT2D eigenvalue weighted by atomic mass is 10.0. The van der Waals surface area contributed by atoms with Crippen molar-refractivity contribution >= 4 is 0 Å². The number of nitrogens with zero attached hydrogens (tertiary/aromatic N) is 2. The highest BCUT2D eigenvalue weighted by atomic mass is 16.5. The van der Waals surface area contributed by atoms with Crippen LogP contribution in [0, 0.1) is 0 Å². The van der Waals surface area contributed by atoms with E-state index in [2.05, 4.69) is 21.8 Å². The molecular weight excluding hydrogens is 346 g/mol. The van der Waals surface area contributed by atoms with Gasteiger partial charge in [0.2, 0.25) is 5.75 Å². The molecule has 0 unspecified atom stereocenters. The topological polar surface area (TPSA) is 76.7 Å². The Morgan fingerprint density at radius 3 is 2.44 bits per heavy atom. The van der Waals surface area contributed by atoms with Gasteiger partial charge in [0, 0.05) is 31.6 Å². The van der Waals surface area contributed by atoms with Crippen LogP contribution in [0.5, 0.6) is 17.2 Å². The van der Waals surface area contributed by atoms with Crippen LogP contribution in [0.4, 0.5) is 0 Å². The van der Waals surface area contributed by atoms with Crippen molar-refractivity contribution in [1.82, 2.24) is 14.9 Å². The molecule has 1 aliphatic heterocycles. The Morgan fingerprint density at radius 1 is 1.15 bits per heavy atom. The zero-order valence-corrected chi connectivity index (χ0v) is 16.4. The molecule has 0 atom stereocenters. The summed E-state index contributed by atoms with van der Waals surface area (Å²) in [7, 11) is 4.83. The molecule has 0 saturated heterocycles. The molecule has 1 aliphatic rings. The van der Waals surface area contributed by atoms with Crippen molar-refractivity contribution in [3.8, 4) is 17.2 Å². The number of hydrogen-bond donors (Lipinski definition) is 1. The first-order chi connectivity index (χ1) is 13.1. The van der Waals surface area contributed by atoms with Gasteiger partial charge in [-0.05, 0) is 30.5 Å². The van der Waals surface area contributed by atoms with Crippen LogP contribution in [0.15, 0.2) is 16.9 Å². The fourth-order valence-electron chi connectivity index (χ4n) is 3.52. The van der Waals surface area contributed by atoms with Crippen LogP contribution in [0.2, 0.25) is 0 Å². The maximum absolute atomic E-state index is 12.3. The van der Waals surface area contributed by atoms with E-state index >= 15 is 0 Å². The van der Waals surface area contributed by atoms with Gasteiger partial charge >= 0.3 is 0 Å². The number of fused-ring (bicyclic) bond motifs is 1. The summed E-state index contributed by atoms with van der Waals surface area (Å²) in [5, 5.41) is 0. The van der Waals surface area contributed by atoms with Crippen molar-refractivity contribution < 1.29 is 14.2 Å². The van der Waals surface area contributed by atoms with E-state index in [4.69, 9.17) is 14.2 Å². The van der Waals surface area contributed by atoms with Gasteiger partial charge in [0.05, 0.1) is 27.0 Å². The van der Waals surface area contributed by atoms with Crippen molar-refractivity contribution in [2.45, 2.75) is 39.3 Å². The van der Waals surface area contributed by atoms with Gasteiger partial charge in [0.25, 0.3) is 5.56 Å². The van der Waals surface area contributed by atoms with E-state index in [0.29, 0.717) is 36.8 Å². The van der Waals surface area contributed by atoms with Crippen LogP contribution in [-0.4, -0.2) is 42.7 Å². The number of benzene rings is 1. The largest absolute Gasteiger partial charge is 0.493 e. The monoisotopic (exact) mass is 373 g/mol. The summed E-state index contributed by atoms with van der Waals surface area (Å²) in [5.74, 6) is 2.65. The van der Waals surface area contributed by atoms with Crippen molar-refractivity contribution in [3.05, 3.63) is 45.1 Å². The minimum Gasteiger partial charge on any atom is -0.493 e. The minimum absolute atomic E-state index is 0.0101. The highest BCUT2D eigenvalue weighted by molar-refractivity contribution is 5.53. The van der Waals surface area contributed by atoms with Crippen molar-refractivity contribution in [3.63, 3.8) is 0 Å². The molecule has 0 saturated carbocycles. The lowest BCUT2D eigenvalue weighted by molar-refractivity contribution is 0.238. The molecule has 0 radical (unpaired) electrons. The first-order valence-corrected chi connectivity index (χ1v) is 9.21. The van der Waals surface area contributed by atoms with Gasteiger partial charge in [-0.1, -0.05) is 6.92 Å². The molecule has 7 nitrogen and oxygen atoms in total. The fraction of sp³-hybridized carbons (Fsp3) is 0.500. The standard InChI is InChI=1S/C20H27N3O4/c1-5-6-18-21-15-12-23(8-7-14(15)20(24)22-18)11-13-9-16(25-2)19(27-4)17(10-13)26-3/h9-10H,5-8,11-12H2,1-4H3,(H,21,22,24). The van der Waals surface area contributed by atoms with Crippen LogP contribution in [0.1, 0.15) is 36.0 Å². The number of methoxy groups -OCH3 is 3. The molecular formula is C20H27N3O4. The molecule has 0 spiro atoms. The number of H-pyrrole nitrogens is 1. The van der Waals surface area contributed by atoms with Crippen molar-refractivity contribution in [2.24, 2.45) is 0 Å². The molecule has 1 N–H and O–H groups in total. The molecule has 2 heterocycles. The molecule has 7 heteroatoms. The maximum Gasteiger partial charge on any atom is 0.254 e. The van der Waals surface area contributed by atoms with E-state index in [9.17, 15) is 4.79 Å². The predicted octanol–water partition coefficient (Wildman–Crippen LogP) is 2.31. The van der Waals surface area contributed by atoms with Gasteiger partial charge in [-0.25, -0.2) is 4.98 Å². The third-order valence-electron chi connectivity index (χ3n) is 4.82. The van der Waals surface area contributed by atoms with E-state index in [1.54, 1.807) is 21.3 Å². The second-order valence-electron chi connectivity index (χ2n) is 6.68. The Labute approximate surface area is 159 Å². The quantitative estimate of drug-likeness (QED) is 0.803. The summed E-state index contributed by atoms with van der Waals surface area (Å²) in [4.78, 5) is 22.2. The molecule has 1 aromatic carbocycles. The highest BCUT2D eigenvalue weighted by Gasteiger charge is 2.22. The van der Waals surface area contributed by atoms with Gasteiger partial charge < -0.3 is 19.2 Å². The lowest BCUT2D eigenvalue weighted by Gasteiger charge is -2.28. The summed E-state index contributed by atoms with van der Waals surface area (Å²) >= 11 is 0. The van der Waals surface area contributed by atoms with Crippen LogP contribution in [-0.2, 0) is 25.9 Å². The van der Waals surface area contributed by atoms with E-state index in [0.717, 1.165) is 42.0 Å². The average Bonchev–Trinajstić information content (AvgIpc) is 2.67. The molecule has 3 rings (SSSR count). The molecule has 27 heavy (non-hydrogen) atoms. The zero-order chi connectivity index (χ0) is 19.4. The van der Waals surface area contributed by atoms with Gasteiger partial charge in [0.1, 0.15) is 5.82 Å². The Balaban J connectivity index is 1.83. The summed E-state index contributed by atoms with van der Waals surface area (Å²) in [6, 6.07) is 3.93. The third kappa shape index (κ3) is 4.08. The minimum atomic E-state index is 0.0101. The molecule has 0 amide bonds. The molecule has 146 valence electrons.